The molecule has 0 aliphatic rings. The van der Waals surface area contributed by atoms with Gasteiger partial charge in [0.05, 0.1) is 11.1 Å². The molecule has 0 aliphatic heterocycles. The lowest BCUT2D eigenvalue weighted by molar-refractivity contribution is 0.606. The van der Waals surface area contributed by atoms with Crippen molar-refractivity contribution >= 4 is 17.3 Å². The highest BCUT2D eigenvalue weighted by molar-refractivity contribution is 6.30. The zero-order valence-electron chi connectivity index (χ0n) is 11.7. The number of rotatable bonds is 5. The summed E-state index contributed by atoms with van der Waals surface area (Å²) in [5.74, 6) is -0.764. The minimum atomic E-state index is -0.470. The van der Waals surface area contributed by atoms with E-state index in [2.05, 4.69) is 0 Å². The maximum atomic E-state index is 13.7. The molecule has 2 nitrogen and oxygen atoms in total. The maximum absolute atomic E-state index is 13.7. The van der Waals surface area contributed by atoms with E-state index in [-0.39, 0.29) is 16.9 Å². The lowest BCUT2D eigenvalue weighted by Crippen LogP contribution is -2.33. The van der Waals surface area contributed by atoms with E-state index in [1.54, 1.807) is 18.2 Å². The van der Waals surface area contributed by atoms with Crippen molar-refractivity contribution in [1.29, 1.82) is 0 Å². The van der Waals surface area contributed by atoms with Gasteiger partial charge in [0, 0.05) is 18.8 Å². The second-order valence-electron chi connectivity index (χ2n) is 4.69. The van der Waals surface area contributed by atoms with Crippen molar-refractivity contribution in [2.45, 2.75) is 13.0 Å². The number of likely N-dealkylation sites (N-methyl/N-ethyl adjacent to an activating group) is 1. The fraction of sp³-hybridized carbons (Fsp3) is 0.250. The fourth-order valence-electron chi connectivity index (χ4n) is 2.38. The van der Waals surface area contributed by atoms with Crippen LogP contribution in [0.25, 0.3) is 0 Å². The van der Waals surface area contributed by atoms with Gasteiger partial charge in [-0.1, -0.05) is 17.7 Å². The van der Waals surface area contributed by atoms with Gasteiger partial charge in [0.25, 0.3) is 0 Å². The van der Waals surface area contributed by atoms with Gasteiger partial charge in [-0.15, -0.1) is 0 Å². The highest BCUT2D eigenvalue weighted by Crippen LogP contribution is 2.28. The highest BCUT2D eigenvalue weighted by atomic mass is 35.5. The molecular weight excluding hydrogens is 294 g/mol. The van der Waals surface area contributed by atoms with E-state index in [0.717, 1.165) is 11.3 Å². The number of hydrogen-bond donors (Lipinski definition) is 1. The summed E-state index contributed by atoms with van der Waals surface area (Å²) in [6.45, 7) is 2.95. The SMILES string of the molecule is CCN(c1ccc(F)cc1)C(CN)c1ccc(Cl)c(F)c1. The molecule has 1 unspecified atom stereocenters. The van der Waals surface area contributed by atoms with E-state index >= 15 is 0 Å². The minimum Gasteiger partial charge on any atom is -0.363 e. The van der Waals surface area contributed by atoms with Crippen molar-refractivity contribution in [3.8, 4) is 0 Å². The molecule has 21 heavy (non-hydrogen) atoms. The normalized spacial score (nSPS) is 12.2. The molecule has 2 rings (SSSR count). The van der Waals surface area contributed by atoms with Gasteiger partial charge in [0.2, 0.25) is 0 Å². The van der Waals surface area contributed by atoms with Gasteiger partial charge in [-0.3, -0.25) is 0 Å². The molecule has 0 heterocycles. The number of nitrogens with zero attached hydrogens (tertiary/aromatic N) is 1. The Morgan fingerprint density at radius 1 is 1.14 bits per heavy atom. The van der Waals surface area contributed by atoms with Crippen molar-refractivity contribution in [3.05, 3.63) is 64.7 Å². The van der Waals surface area contributed by atoms with E-state index in [0.29, 0.717) is 13.1 Å². The Bertz CT molecular complexity index is 602. The molecule has 0 fully saturated rings. The molecule has 0 saturated heterocycles. The lowest BCUT2D eigenvalue weighted by Gasteiger charge is -2.32. The Balaban J connectivity index is 2.36. The molecule has 0 spiro atoms. The molecule has 0 aliphatic carbocycles. The average molecular weight is 311 g/mol. The molecule has 0 radical (unpaired) electrons. The first kappa shape index (κ1) is 15.7. The van der Waals surface area contributed by atoms with Crippen molar-refractivity contribution in [3.63, 3.8) is 0 Å². The third-order valence-electron chi connectivity index (χ3n) is 3.43. The third-order valence-corrected chi connectivity index (χ3v) is 3.73. The number of halogens is 3. The Labute approximate surface area is 128 Å². The highest BCUT2D eigenvalue weighted by Gasteiger charge is 2.19. The van der Waals surface area contributed by atoms with Gasteiger partial charge in [0.15, 0.2) is 0 Å². The number of benzene rings is 2. The van der Waals surface area contributed by atoms with Crippen LogP contribution in [-0.2, 0) is 0 Å². The molecule has 0 aromatic heterocycles. The molecule has 2 aromatic carbocycles. The van der Waals surface area contributed by atoms with Gasteiger partial charge in [-0.2, -0.15) is 0 Å². The van der Waals surface area contributed by atoms with Crippen molar-refractivity contribution in [2.24, 2.45) is 5.73 Å². The molecule has 2 aromatic rings. The van der Waals surface area contributed by atoms with Crippen molar-refractivity contribution in [2.75, 3.05) is 18.0 Å². The molecule has 0 bridgehead atoms. The fourth-order valence-corrected chi connectivity index (χ4v) is 2.50. The second kappa shape index (κ2) is 6.87. The molecule has 2 N–H and O–H groups in total. The monoisotopic (exact) mass is 310 g/mol. The molecular formula is C16H17ClF2N2. The zero-order valence-corrected chi connectivity index (χ0v) is 12.4. The van der Waals surface area contributed by atoms with E-state index in [9.17, 15) is 8.78 Å². The van der Waals surface area contributed by atoms with Gasteiger partial charge in [-0.05, 0) is 48.9 Å². The van der Waals surface area contributed by atoms with Gasteiger partial charge >= 0.3 is 0 Å². The van der Waals surface area contributed by atoms with Gasteiger partial charge in [-0.25, -0.2) is 8.78 Å². The van der Waals surface area contributed by atoms with Gasteiger partial charge < -0.3 is 10.6 Å². The smallest absolute Gasteiger partial charge is 0.142 e. The first-order valence-corrected chi connectivity index (χ1v) is 7.11. The van der Waals surface area contributed by atoms with Crippen LogP contribution >= 0.6 is 11.6 Å². The molecule has 112 valence electrons. The Morgan fingerprint density at radius 2 is 1.81 bits per heavy atom. The lowest BCUT2D eigenvalue weighted by atomic mass is 10.0. The van der Waals surface area contributed by atoms with Crippen molar-refractivity contribution in [1.82, 2.24) is 0 Å². The predicted octanol–water partition coefficient (Wildman–Crippen LogP) is 4.14. The zero-order chi connectivity index (χ0) is 15.4. The van der Waals surface area contributed by atoms with Crippen LogP contribution in [0.5, 0.6) is 0 Å². The predicted molar refractivity (Wildman–Crippen MR) is 82.6 cm³/mol. The molecule has 0 amide bonds. The van der Waals surface area contributed by atoms with Crippen LogP contribution in [0, 0.1) is 11.6 Å². The summed E-state index contributed by atoms with van der Waals surface area (Å²) in [6.07, 6.45) is 0. The topological polar surface area (TPSA) is 29.3 Å². The summed E-state index contributed by atoms with van der Waals surface area (Å²) in [4.78, 5) is 2.00. The number of anilines is 1. The Kier molecular flexibility index (Phi) is 5.15. The first-order valence-electron chi connectivity index (χ1n) is 6.74. The Hall–Kier alpha value is -1.65. The standard InChI is InChI=1S/C16H17ClF2N2/c1-2-21(13-6-4-12(18)5-7-13)16(10-20)11-3-8-14(17)15(19)9-11/h3-9,16H,2,10,20H2,1H3. The van der Waals surface area contributed by atoms with Crippen LogP contribution in [0.1, 0.15) is 18.5 Å². The van der Waals surface area contributed by atoms with E-state index in [1.807, 2.05) is 11.8 Å². The van der Waals surface area contributed by atoms with E-state index in [4.69, 9.17) is 17.3 Å². The quantitative estimate of drug-likeness (QED) is 0.899. The van der Waals surface area contributed by atoms with Crippen LogP contribution in [-0.4, -0.2) is 13.1 Å². The van der Waals surface area contributed by atoms with Crippen LogP contribution in [0.4, 0.5) is 14.5 Å². The van der Waals surface area contributed by atoms with E-state index < -0.39 is 5.82 Å². The van der Waals surface area contributed by atoms with Crippen LogP contribution in [0.15, 0.2) is 42.5 Å². The van der Waals surface area contributed by atoms with Crippen LogP contribution < -0.4 is 10.6 Å². The second-order valence-corrected chi connectivity index (χ2v) is 5.09. The summed E-state index contributed by atoms with van der Waals surface area (Å²) in [5.41, 5.74) is 7.44. The first-order chi connectivity index (χ1) is 10.1. The summed E-state index contributed by atoms with van der Waals surface area (Å²) in [5, 5.41) is 0.0827. The Morgan fingerprint density at radius 3 is 2.33 bits per heavy atom. The summed E-state index contributed by atoms with van der Waals surface area (Å²) in [7, 11) is 0. The van der Waals surface area contributed by atoms with Crippen LogP contribution in [0.3, 0.4) is 0 Å². The molecule has 5 heteroatoms. The molecule has 1 atom stereocenters. The van der Waals surface area contributed by atoms with E-state index in [1.165, 1.54) is 24.3 Å². The summed E-state index contributed by atoms with van der Waals surface area (Å²) in [6, 6.07) is 10.6. The average Bonchev–Trinajstić information content (AvgIpc) is 2.49. The molecule has 0 saturated carbocycles. The third kappa shape index (κ3) is 3.52. The largest absolute Gasteiger partial charge is 0.363 e. The van der Waals surface area contributed by atoms with Gasteiger partial charge in [0.1, 0.15) is 11.6 Å². The summed E-state index contributed by atoms with van der Waals surface area (Å²) >= 11 is 5.71. The summed E-state index contributed by atoms with van der Waals surface area (Å²) < 4.78 is 26.7. The number of hydrogen-bond acceptors (Lipinski definition) is 2. The minimum absolute atomic E-state index is 0.0827. The number of nitrogens with two attached hydrogens (primary N) is 1. The van der Waals surface area contributed by atoms with Crippen molar-refractivity contribution < 1.29 is 8.78 Å². The maximum Gasteiger partial charge on any atom is 0.142 e. The van der Waals surface area contributed by atoms with Crippen LogP contribution in [0.2, 0.25) is 5.02 Å².